The number of ketones is 1. The van der Waals surface area contributed by atoms with Gasteiger partial charge in [0.15, 0.2) is 12.4 Å². The van der Waals surface area contributed by atoms with E-state index in [4.69, 9.17) is 9.84 Å². The average molecular weight is 343 g/mol. The Hall–Kier alpha value is -0.900. The van der Waals surface area contributed by atoms with Crippen LogP contribution in [0.1, 0.15) is 103 Å². The Morgan fingerprint density at radius 1 is 0.708 bits per heavy atom. The third-order valence-electron chi connectivity index (χ3n) is 4.30. The molecule has 0 saturated carbocycles. The molecule has 0 radical (unpaired) electrons. The second kappa shape index (κ2) is 18.4. The molecule has 0 aromatic carbocycles. The molecule has 24 heavy (non-hydrogen) atoms. The molecule has 0 aromatic rings. The lowest BCUT2D eigenvalue weighted by Crippen LogP contribution is -2.16. The van der Waals surface area contributed by atoms with Crippen molar-refractivity contribution >= 4 is 11.8 Å². The van der Waals surface area contributed by atoms with Crippen molar-refractivity contribution in [3.8, 4) is 0 Å². The van der Waals surface area contributed by atoms with Crippen molar-refractivity contribution in [2.75, 3.05) is 13.2 Å². The van der Waals surface area contributed by atoms with Crippen LogP contribution in [0.4, 0.5) is 0 Å². The van der Waals surface area contributed by atoms with Gasteiger partial charge in [0.05, 0.1) is 0 Å². The minimum Gasteiger partial charge on any atom is -0.458 e. The van der Waals surface area contributed by atoms with Crippen LogP contribution in [0.3, 0.4) is 0 Å². The number of ether oxygens (including phenoxy) is 1. The fraction of sp³-hybridized carbons (Fsp3) is 0.900. The van der Waals surface area contributed by atoms with Crippen molar-refractivity contribution in [2.45, 2.75) is 103 Å². The summed E-state index contributed by atoms with van der Waals surface area (Å²) >= 11 is 0. The molecule has 0 atom stereocenters. The SMILES string of the molecule is CCCCCCCCCCCCCCCCC(=O)OCC(=O)CO. The van der Waals surface area contributed by atoms with E-state index in [1.165, 1.54) is 77.0 Å². The smallest absolute Gasteiger partial charge is 0.306 e. The number of esters is 1. The van der Waals surface area contributed by atoms with Crippen molar-refractivity contribution in [1.82, 2.24) is 0 Å². The van der Waals surface area contributed by atoms with Gasteiger partial charge in [-0.25, -0.2) is 0 Å². The number of carbonyl (C=O) groups excluding carboxylic acids is 2. The van der Waals surface area contributed by atoms with Crippen LogP contribution in [0.2, 0.25) is 0 Å². The van der Waals surface area contributed by atoms with Crippen molar-refractivity contribution in [2.24, 2.45) is 0 Å². The molecule has 0 unspecified atom stereocenters. The molecule has 0 aliphatic carbocycles. The van der Waals surface area contributed by atoms with E-state index in [1.807, 2.05) is 0 Å². The predicted octanol–water partition coefficient (Wildman–Crippen LogP) is 4.96. The molecule has 0 aliphatic heterocycles. The van der Waals surface area contributed by atoms with Crippen molar-refractivity contribution in [3.05, 3.63) is 0 Å². The number of hydrogen-bond acceptors (Lipinski definition) is 4. The second-order valence-electron chi connectivity index (χ2n) is 6.70. The average Bonchev–Trinajstić information content (AvgIpc) is 2.59. The molecule has 0 amide bonds. The maximum absolute atomic E-state index is 11.3. The minimum atomic E-state index is -0.563. The van der Waals surface area contributed by atoms with E-state index in [0.717, 1.165) is 12.8 Å². The highest BCUT2D eigenvalue weighted by Gasteiger charge is 2.06. The first-order valence-corrected chi connectivity index (χ1v) is 9.99. The lowest BCUT2D eigenvalue weighted by atomic mass is 10.0. The zero-order valence-electron chi connectivity index (χ0n) is 15.7. The number of hydrogen-bond donors (Lipinski definition) is 1. The maximum Gasteiger partial charge on any atom is 0.306 e. The van der Waals surface area contributed by atoms with Gasteiger partial charge in [0, 0.05) is 6.42 Å². The lowest BCUT2D eigenvalue weighted by molar-refractivity contribution is -0.148. The largest absolute Gasteiger partial charge is 0.458 e. The van der Waals surface area contributed by atoms with Crippen LogP contribution in [0.15, 0.2) is 0 Å². The number of Topliss-reactive ketones (excluding diaryl/α,β-unsaturated/α-hetero) is 1. The second-order valence-corrected chi connectivity index (χ2v) is 6.70. The summed E-state index contributed by atoms with van der Waals surface area (Å²) in [6.07, 6.45) is 18.3. The van der Waals surface area contributed by atoms with Crippen molar-refractivity contribution in [1.29, 1.82) is 0 Å². The zero-order chi connectivity index (χ0) is 17.9. The quantitative estimate of drug-likeness (QED) is 0.282. The molecule has 0 rings (SSSR count). The number of aliphatic hydroxyl groups excluding tert-OH is 1. The van der Waals surface area contributed by atoms with Crippen LogP contribution in [0.5, 0.6) is 0 Å². The molecular formula is C20H38O4. The van der Waals surface area contributed by atoms with Gasteiger partial charge in [0.2, 0.25) is 0 Å². The summed E-state index contributed by atoms with van der Waals surface area (Å²) < 4.78 is 4.76. The summed E-state index contributed by atoms with van der Waals surface area (Å²) in [5, 5.41) is 8.52. The van der Waals surface area contributed by atoms with Gasteiger partial charge in [-0.1, -0.05) is 90.4 Å². The molecule has 4 nitrogen and oxygen atoms in total. The molecular weight excluding hydrogens is 304 g/mol. The van der Waals surface area contributed by atoms with Gasteiger partial charge in [0.1, 0.15) is 6.61 Å². The summed E-state index contributed by atoms with van der Waals surface area (Å²) in [4.78, 5) is 22.1. The Balaban J connectivity index is 3.14. The monoisotopic (exact) mass is 342 g/mol. The van der Waals surface area contributed by atoms with Crippen LogP contribution in [-0.4, -0.2) is 30.1 Å². The highest BCUT2D eigenvalue weighted by atomic mass is 16.5. The van der Waals surface area contributed by atoms with E-state index in [1.54, 1.807) is 0 Å². The molecule has 0 heterocycles. The first kappa shape index (κ1) is 23.1. The Morgan fingerprint density at radius 3 is 1.54 bits per heavy atom. The Morgan fingerprint density at radius 2 is 1.12 bits per heavy atom. The first-order chi connectivity index (χ1) is 11.7. The highest BCUT2D eigenvalue weighted by Crippen LogP contribution is 2.13. The van der Waals surface area contributed by atoms with Crippen molar-refractivity contribution in [3.63, 3.8) is 0 Å². The Labute approximate surface area is 148 Å². The van der Waals surface area contributed by atoms with E-state index >= 15 is 0 Å². The van der Waals surface area contributed by atoms with E-state index in [9.17, 15) is 9.59 Å². The third kappa shape index (κ3) is 17.5. The molecule has 0 aliphatic rings. The molecule has 0 spiro atoms. The Kier molecular flexibility index (Phi) is 17.7. The molecule has 1 N–H and O–H groups in total. The molecule has 0 saturated heterocycles. The van der Waals surface area contributed by atoms with Crippen LogP contribution in [0, 0.1) is 0 Å². The van der Waals surface area contributed by atoms with E-state index in [0.29, 0.717) is 6.42 Å². The van der Waals surface area contributed by atoms with Gasteiger partial charge < -0.3 is 9.84 Å². The third-order valence-corrected chi connectivity index (χ3v) is 4.30. The summed E-state index contributed by atoms with van der Waals surface area (Å²) in [6.45, 7) is 1.40. The molecule has 4 heteroatoms. The van der Waals surface area contributed by atoms with Gasteiger partial charge in [-0.05, 0) is 6.42 Å². The van der Waals surface area contributed by atoms with Gasteiger partial charge in [-0.3, -0.25) is 9.59 Å². The van der Waals surface area contributed by atoms with Crippen LogP contribution >= 0.6 is 0 Å². The normalized spacial score (nSPS) is 10.8. The fourth-order valence-electron chi connectivity index (χ4n) is 2.74. The van der Waals surface area contributed by atoms with Crippen LogP contribution in [-0.2, 0) is 14.3 Å². The predicted molar refractivity (Wildman–Crippen MR) is 98.0 cm³/mol. The van der Waals surface area contributed by atoms with Crippen LogP contribution < -0.4 is 0 Å². The summed E-state index contributed by atoms with van der Waals surface area (Å²) in [6, 6.07) is 0. The topological polar surface area (TPSA) is 63.6 Å². The van der Waals surface area contributed by atoms with E-state index < -0.39 is 12.4 Å². The highest BCUT2D eigenvalue weighted by molar-refractivity contribution is 5.83. The number of aliphatic hydroxyl groups is 1. The van der Waals surface area contributed by atoms with Gasteiger partial charge in [-0.15, -0.1) is 0 Å². The van der Waals surface area contributed by atoms with Gasteiger partial charge in [0.25, 0.3) is 0 Å². The van der Waals surface area contributed by atoms with Crippen LogP contribution in [0.25, 0.3) is 0 Å². The molecule has 142 valence electrons. The first-order valence-electron chi connectivity index (χ1n) is 9.99. The van der Waals surface area contributed by atoms with Gasteiger partial charge >= 0.3 is 5.97 Å². The Bertz CT molecular complexity index is 302. The minimum absolute atomic E-state index is 0.298. The summed E-state index contributed by atoms with van der Waals surface area (Å²) in [5.41, 5.74) is 0. The molecule has 0 bridgehead atoms. The molecule has 0 fully saturated rings. The summed E-state index contributed by atoms with van der Waals surface area (Å²) in [7, 11) is 0. The van der Waals surface area contributed by atoms with E-state index in [2.05, 4.69) is 6.92 Å². The maximum atomic E-state index is 11.3. The summed E-state index contributed by atoms with van der Waals surface area (Å²) in [5.74, 6) is -0.792. The van der Waals surface area contributed by atoms with E-state index in [-0.39, 0.29) is 12.6 Å². The number of carbonyl (C=O) groups is 2. The fourth-order valence-corrected chi connectivity index (χ4v) is 2.74. The number of unbranched alkanes of at least 4 members (excludes halogenated alkanes) is 13. The molecule has 0 aromatic heterocycles. The van der Waals surface area contributed by atoms with Gasteiger partial charge in [-0.2, -0.15) is 0 Å². The lowest BCUT2D eigenvalue weighted by Gasteiger charge is -2.04. The number of rotatable bonds is 18. The standard InChI is InChI=1S/C20H38O4/c1-2-3-4-5-6-7-8-9-10-11-12-13-14-15-16-20(23)24-18-19(22)17-21/h21H,2-18H2,1H3. The zero-order valence-corrected chi connectivity index (χ0v) is 15.7. The van der Waals surface area contributed by atoms with Crippen molar-refractivity contribution < 1.29 is 19.4 Å².